The van der Waals surface area contributed by atoms with E-state index in [4.69, 9.17) is 20.8 Å². The first-order chi connectivity index (χ1) is 12.0. The van der Waals surface area contributed by atoms with Crippen molar-refractivity contribution in [3.8, 4) is 5.95 Å². The highest BCUT2D eigenvalue weighted by atomic mass is 35.5. The van der Waals surface area contributed by atoms with Crippen LogP contribution in [0.3, 0.4) is 0 Å². The fraction of sp³-hybridized carbons (Fsp3) is 0.118. The van der Waals surface area contributed by atoms with Crippen LogP contribution in [0.4, 0.5) is 11.4 Å². The van der Waals surface area contributed by atoms with Gasteiger partial charge in [0.2, 0.25) is 0 Å². The lowest BCUT2D eigenvalue weighted by Gasteiger charge is -2.09. The van der Waals surface area contributed by atoms with Gasteiger partial charge in [0.1, 0.15) is 5.02 Å². The molecule has 0 radical (unpaired) electrons. The number of para-hydroxylation sites is 1. The normalized spacial score (nSPS) is 10.6. The predicted molar refractivity (Wildman–Crippen MR) is 94.5 cm³/mol. The number of anilines is 1. The molecule has 0 saturated heterocycles. The number of halogens is 1. The molecule has 1 N–H and O–H groups in total. The Labute approximate surface area is 146 Å². The molecule has 0 spiro atoms. The first kappa shape index (κ1) is 16.8. The summed E-state index contributed by atoms with van der Waals surface area (Å²) in [4.78, 5) is 22.7. The molecular weight excluding hydrogens is 348 g/mol. The molecule has 128 valence electrons. The van der Waals surface area contributed by atoms with E-state index in [1.54, 1.807) is 36.4 Å². The summed E-state index contributed by atoms with van der Waals surface area (Å²) in [6.45, 7) is 0.234. The minimum absolute atomic E-state index is 0.0306. The minimum Gasteiger partial charge on any atom is -0.467 e. The lowest BCUT2D eigenvalue weighted by Crippen LogP contribution is -2.05. The zero-order chi connectivity index (χ0) is 18.0. The number of fused-ring (bicyclic) bond motifs is 1. The lowest BCUT2D eigenvalue weighted by molar-refractivity contribution is -0.385. The molecule has 8 heteroatoms. The standard InChI is InChI=1S/C17H13ClN2O5/c1-24-17-15(18)12-7-6-11(8-13(12)16(21)25-17)19-9-10-4-2-3-5-14(10)20(22)23/h2-8,19H,9H2,1H3. The molecule has 0 amide bonds. The van der Waals surface area contributed by atoms with Crippen LogP contribution in [0.15, 0.2) is 51.7 Å². The van der Waals surface area contributed by atoms with Gasteiger partial charge < -0.3 is 14.5 Å². The predicted octanol–water partition coefficient (Wildman–Crippen LogP) is 3.98. The maximum Gasteiger partial charge on any atom is 0.346 e. The van der Waals surface area contributed by atoms with E-state index in [-0.39, 0.29) is 23.2 Å². The Morgan fingerprint density at radius 1 is 1.24 bits per heavy atom. The van der Waals surface area contributed by atoms with Crippen molar-refractivity contribution in [2.24, 2.45) is 0 Å². The summed E-state index contributed by atoms with van der Waals surface area (Å²) >= 11 is 6.14. The summed E-state index contributed by atoms with van der Waals surface area (Å²) in [6, 6.07) is 11.4. The molecule has 0 aliphatic rings. The molecule has 3 rings (SSSR count). The number of benzene rings is 2. The third kappa shape index (κ3) is 3.27. The van der Waals surface area contributed by atoms with Crippen LogP contribution in [0.5, 0.6) is 5.95 Å². The first-order valence-electron chi connectivity index (χ1n) is 7.27. The largest absolute Gasteiger partial charge is 0.467 e. The average molecular weight is 361 g/mol. The van der Waals surface area contributed by atoms with Crippen molar-refractivity contribution in [1.82, 2.24) is 0 Å². The number of nitro benzene ring substituents is 1. The fourth-order valence-electron chi connectivity index (χ4n) is 2.48. The van der Waals surface area contributed by atoms with Crippen LogP contribution in [-0.4, -0.2) is 12.0 Å². The van der Waals surface area contributed by atoms with E-state index in [1.165, 1.54) is 13.2 Å². The molecule has 0 aliphatic heterocycles. The zero-order valence-corrected chi connectivity index (χ0v) is 13.9. The molecule has 2 aromatic carbocycles. The molecule has 1 heterocycles. The van der Waals surface area contributed by atoms with Crippen molar-refractivity contribution in [3.05, 3.63) is 73.6 Å². The number of nitrogens with zero attached hydrogens (tertiary/aromatic N) is 1. The lowest BCUT2D eigenvalue weighted by atomic mass is 10.1. The second-order valence-electron chi connectivity index (χ2n) is 5.19. The third-order valence-electron chi connectivity index (χ3n) is 3.70. The Bertz CT molecular complexity index is 1020. The van der Waals surface area contributed by atoms with Gasteiger partial charge in [0.05, 0.1) is 17.4 Å². The number of nitrogens with one attached hydrogen (secondary N) is 1. The van der Waals surface area contributed by atoms with Crippen LogP contribution in [0.25, 0.3) is 10.8 Å². The van der Waals surface area contributed by atoms with Crippen LogP contribution in [0.2, 0.25) is 5.02 Å². The highest BCUT2D eigenvalue weighted by molar-refractivity contribution is 6.36. The minimum atomic E-state index is -0.578. The summed E-state index contributed by atoms with van der Waals surface area (Å²) in [5.74, 6) is -0.0419. The average Bonchev–Trinajstić information content (AvgIpc) is 2.63. The number of methoxy groups -OCH3 is 1. The SMILES string of the molecule is COc1oc(=O)c2cc(NCc3ccccc3[N+](=O)[O-])ccc2c1Cl. The van der Waals surface area contributed by atoms with E-state index in [2.05, 4.69) is 5.32 Å². The summed E-state index contributed by atoms with van der Waals surface area (Å²) < 4.78 is 9.94. The number of ether oxygens (including phenoxy) is 1. The Hall–Kier alpha value is -3.06. The van der Waals surface area contributed by atoms with Crippen molar-refractivity contribution < 1.29 is 14.1 Å². The third-order valence-corrected chi connectivity index (χ3v) is 4.06. The zero-order valence-electron chi connectivity index (χ0n) is 13.1. The van der Waals surface area contributed by atoms with Crippen LogP contribution in [-0.2, 0) is 6.54 Å². The first-order valence-corrected chi connectivity index (χ1v) is 7.65. The van der Waals surface area contributed by atoms with E-state index >= 15 is 0 Å². The van der Waals surface area contributed by atoms with Gasteiger partial charge in [-0.1, -0.05) is 35.9 Å². The van der Waals surface area contributed by atoms with Gasteiger partial charge in [-0.3, -0.25) is 10.1 Å². The molecule has 0 bridgehead atoms. The summed E-state index contributed by atoms with van der Waals surface area (Å²) in [7, 11) is 1.36. The smallest absolute Gasteiger partial charge is 0.346 e. The molecule has 25 heavy (non-hydrogen) atoms. The second-order valence-corrected chi connectivity index (χ2v) is 5.57. The quantitative estimate of drug-likeness (QED) is 0.546. The molecule has 0 saturated carbocycles. The van der Waals surface area contributed by atoms with Gasteiger partial charge in [-0.2, -0.15) is 0 Å². The van der Waals surface area contributed by atoms with Gasteiger partial charge >= 0.3 is 11.6 Å². The monoisotopic (exact) mass is 360 g/mol. The summed E-state index contributed by atoms with van der Waals surface area (Å²) in [5, 5.41) is 15.1. The van der Waals surface area contributed by atoms with Gasteiger partial charge in [0.15, 0.2) is 0 Å². The van der Waals surface area contributed by atoms with Gasteiger partial charge in [-0.15, -0.1) is 0 Å². The molecule has 0 unspecified atom stereocenters. The second kappa shape index (κ2) is 6.82. The van der Waals surface area contributed by atoms with E-state index in [9.17, 15) is 14.9 Å². The van der Waals surface area contributed by atoms with Crippen LogP contribution in [0.1, 0.15) is 5.56 Å². The molecular formula is C17H13ClN2O5. The van der Waals surface area contributed by atoms with E-state index in [0.717, 1.165) is 0 Å². The molecule has 7 nitrogen and oxygen atoms in total. The maximum absolute atomic E-state index is 12.1. The fourth-order valence-corrected chi connectivity index (χ4v) is 2.76. The number of hydrogen-bond donors (Lipinski definition) is 1. The number of rotatable bonds is 5. The Morgan fingerprint density at radius 3 is 2.72 bits per heavy atom. The molecule has 0 aliphatic carbocycles. The Kier molecular flexibility index (Phi) is 4.58. The van der Waals surface area contributed by atoms with Crippen LogP contribution in [0, 0.1) is 10.1 Å². The van der Waals surface area contributed by atoms with Crippen LogP contribution < -0.4 is 15.7 Å². The highest BCUT2D eigenvalue weighted by Crippen LogP contribution is 2.31. The number of hydrogen-bond acceptors (Lipinski definition) is 6. The number of nitro groups is 1. The van der Waals surface area contributed by atoms with Gasteiger partial charge in [0.25, 0.3) is 5.69 Å². The van der Waals surface area contributed by atoms with Gasteiger partial charge in [-0.05, 0) is 12.1 Å². The van der Waals surface area contributed by atoms with E-state index in [1.807, 2.05) is 0 Å². The van der Waals surface area contributed by atoms with Gasteiger partial charge in [-0.25, -0.2) is 4.79 Å². The van der Waals surface area contributed by atoms with Crippen molar-refractivity contribution in [2.45, 2.75) is 6.54 Å². The van der Waals surface area contributed by atoms with Crippen molar-refractivity contribution in [2.75, 3.05) is 12.4 Å². The Morgan fingerprint density at radius 2 is 2.00 bits per heavy atom. The van der Waals surface area contributed by atoms with E-state index < -0.39 is 10.5 Å². The van der Waals surface area contributed by atoms with Crippen molar-refractivity contribution in [1.29, 1.82) is 0 Å². The molecule has 0 atom stereocenters. The molecule has 1 aromatic heterocycles. The van der Waals surface area contributed by atoms with E-state index in [0.29, 0.717) is 22.0 Å². The van der Waals surface area contributed by atoms with Crippen molar-refractivity contribution >= 4 is 33.7 Å². The van der Waals surface area contributed by atoms with Crippen molar-refractivity contribution in [3.63, 3.8) is 0 Å². The Balaban J connectivity index is 1.92. The highest BCUT2D eigenvalue weighted by Gasteiger charge is 2.14. The van der Waals surface area contributed by atoms with Crippen LogP contribution >= 0.6 is 11.6 Å². The molecule has 3 aromatic rings. The topological polar surface area (TPSA) is 94.6 Å². The van der Waals surface area contributed by atoms with Gasteiger partial charge in [0, 0.05) is 29.2 Å². The molecule has 0 fully saturated rings. The summed E-state index contributed by atoms with van der Waals surface area (Å²) in [6.07, 6.45) is 0. The summed E-state index contributed by atoms with van der Waals surface area (Å²) in [5.41, 5.74) is 0.597. The maximum atomic E-state index is 12.1.